The van der Waals surface area contributed by atoms with E-state index >= 15 is 0 Å². The van der Waals surface area contributed by atoms with Crippen molar-refractivity contribution < 1.29 is 4.79 Å². The highest BCUT2D eigenvalue weighted by atomic mass is 35.5. The largest absolute Gasteiger partial charge is 0.340 e. The fourth-order valence-electron chi connectivity index (χ4n) is 2.97. The van der Waals surface area contributed by atoms with Gasteiger partial charge in [-0.25, -0.2) is 0 Å². The molecule has 1 amide bonds. The van der Waals surface area contributed by atoms with Crippen LogP contribution < -0.4 is 5.73 Å². The number of carbonyl (C=O) groups is 1. The smallest absolute Gasteiger partial charge is 0.246 e. The standard InChI is InChI=1S/C17H27N3O.2ClH/c1-4-19(3)12-14-10-11-20(13-14)16(21)17(2,18)15-8-6-5-7-9-15;;/h5-9,14H,4,10-13,18H2,1-3H3;2*1H. The van der Waals surface area contributed by atoms with Gasteiger partial charge in [0.05, 0.1) is 0 Å². The molecular formula is C17H29Cl2N3O. The first kappa shape index (κ1) is 22.2. The minimum Gasteiger partial charge on any atom is -0.340 e. The summed E-state index contributed by atoms with van der Waals surface area (Å²) in [5.41, 5.74) is 6.27. The minimum absolute atomic E-state index is 0. The number of rotatable bonds is 5. The number of hydrogen-bond acceptors (Lipinski definition) is 3. The summed E-state index contributed by atoms with van der Waals surface area (Å²) >= 11 is 0. The summed E-state index contributed by atoms with van der Waals surface area (Å²) in [6.07, 6.45) is 1.07. The number of halogens is 2. The van der Waals surface area contributed by atoms with E-state index in [9.17, 15) is 4.79 Å². The third kappa shape index (κ3) is 5.35. The second-order valence-electron chi connectivity index (χ2n) is 6.33. The topological polar surface area (TPSA) is 49.6 Å². The van der Waals surface area contributed by atoms with E-state index in [1.165, 1.54) is 0 Å². The van der Waals surface area contributed by atoms with Crippen LogP contribution >= 0.6 is 24.8 Å². The van der Waals surface area contributed by atoms with Crippen molar-refractivity contribution in [3.63, 3.8) is 0 Å². The lowest BCUT2D eigenvalue weighted by Crippen LogP contribution is -2.50. The second kappa shape index (κ2) is 9.48. The lowest BCUT2D eigenvalue weighted by atomic mass is 9.92. The molecule has 1 saturated heterocycles. The normalized spacial score (nSPS) is 19.7. The van der Waals surface area contributed by atoms with Crippen molar-refractivity contribution in [2.24, 2.45) is 11.7 Å². The molecule has 132 valence electrons. The molecule has 2 atom stereocenters. The Morgan fingerprint density at radius 2 is 1.96 bits per heavy atom. The molecule has 2 unspecified atom stereocenters. The first-order valence-electron chi connectivity index (χ1n) is 7.77. The maximum atomic E-state index is 12.8. The van der Waals surface area contributed by atoms with Gasteiger partial charge in [0.25, 0.3) is 0 Å². The monoisotopic (exact) mass is 361 g/mol. The fourth-order valence-corrected chi connectivity index (χ4v) is 2.97. The zero-order chi connectivity index (χ0) is 15.5. The average molecular weight is 362 g/mol. The molecule has 1 fully saturated rings. The molecule has 2 N–H and O–H groups in total. The van der Waals surface area contributed by atoms with E-state index in [2.05, 4.69) is 18.9 Å². The maximum Gasteiger partial charge on any atom is 0.246 e. The van der Waals surface area contributed by atoms with Crippen LogP contribution in [0.4, 0.5) is 0 Å². The van der Waals surface area contributed by atoms with E-state index in [4.69, 9.17) is 5.73 Å². The lowest BCUT2D eigenvalue weighted by Gasteiger charge is -2.30. The molecule has 0 bridgehead atoms. The molecule has 1 heterocycles. The summed E-state index contributed by atoms with van der Waals surface area (Å²) in [5.74, 6) is 0.598. The molecule has 0 radical (unpaired) electrons. The first-order valence-corrected chi connectivity index (χ1v) is 7.77. The van der Waals surface area contributed by atoms with E-state index < -0.39 is 5.54 Å². The van der Waals surface area contributed by atoms with Crippen LogP contribution in [-0.4, -0.2) is 48.9 Å². The Hall–Kier alpha value is -0.810. The van der Waals surface area contributed by atoms with Gasteiger partial charge >= 0.3 is 0 Å². The van der Waals surface area contributed by atoms with Crippen molar-refractivity contribution in [3.8, 4) is 0 Å². The van der Waals surface area contributed by atoms with Gasteiger partial charge in [0.15, 0.2) is 0 Å². The number of hydrogen-bond donors (Lipinski definition) is 1. The van der Waals surface area contributed by atoms with Crippen LogP contribution in [0.3, 0.4) is 0 Å². The van der Waals surface area contributed by atoms with Crippen LogP contribution in [0, 0.1) is 5.92 Å². The highest BCUT2D eigenvalue weighted by Crippen LogP contribution is 2.25. The first-order chi connectivity index (χ1) is 9.95. The van der Waals surface area contributed by atoms with Gasteiger partial charge in [-0.15, -0.1) is 24.8 Å². The Kier molecular flexibility index (Phi) is 9.14. The predicted octanol–water partition coefficient (Wildman–Crippen LogP) is 2.50. The van der Waals surface area contributed by atoms with E-state index in [1.807, 2.05) is 42.2 Å². The SMILES string of the molecule is CCN(C)CC1CCN(C(=O)C(C)(N)c2ccccc2)C1.Cl.Cl. The van der Waals surface area contributed by atoms with Crippen molar-refractivity contribution in [2.45, 2.75) is 25.8 Å². The highest BCUT2D eigenvalue weighted by Gasteiger charge is 2.37. The quantitative estimate of drug-likeness (QED) is 0.876. The van der Waals surface area contributed by atoms with Crippen molar-refractivity contribution >= 4 is 30.7 Å². The molecular weight excluding hydrogens is 333 g/mol. The average Bonchev–Trinajstić information content (AvgIpc) is 2.95. The minimum atomic E-state index is -0.938. The molecule has 0 aliphatic carbocycles. The molecule has 1 aliphatic heterocycles. The molecule has 2 rings (SSSR count). The molecule has 0 spiro atoms. The Morgan fingerprint density at radius 1 is 1.35 bits per heavy atom. The van der Waals surface area contributed by atoms with Gasteiger partial charge in [-0.05, 0) is 38.4 Å². The fraction of sp³-hybridized carbons (Fsp3) is 0.588. The third-order valence-electron chi connectivity index (χ3n) is 4.50. The predicted molar refractivity (Wildman–Crippen MR) is 100 cm³/mol. The van der Waals surface area contributed by atoms with Crippen LogP contribution in [0.25, 0.3) is 0 Å². The molecule has 4 nitrogen and oxygen atoms in total. The van der Waals surface area contributed by atoms with Crippen LogP contribution in [0.2, 0.25) is 0 Å². The van der Waals surface area contributed by atoms with Gasteiger partial charge in [-0.1, -0.05) is 37.3 Å². The number of nitrogens with zero attached hydrogens (tertiary/aromatic N) is 2. The summed E-state index contributed by atoms with van der Waals surface area (Å²) in [6, 6.07) is 9.65. The summed E-state index contributed by atoms with van der Waals surface area (Å²) < 4.78 is 0. The number of amides is 1. The van der Waals surface area contributed by atoms with E-state index in [-0.39, 0.29) is 30.7 Å². The highest BCUT2D eigenvalue weighted by molar-refractivity contribution is 5.87. The van der Waals surface area contributed by atoms with Crippen molar-refractivity contribution in [3.05, 3.63) is 35.9 Å². The van der Waals surface area contributed by atoms with Crippen molar-refractivity contribution in [2.75, 3.05) is 33.2 Å². The number of benzene rings is 1. The van der Waals surface area contributed by atoms with Crippen LogP contribution in [0.5, 0.6) is 0 Å². The van der Waals surface area contributed by atoms with Crippen LogP contribution in [0.1, 0.15) is 25.8 Å². The summed E-state index contributed by atoms with van der Waals surface area (Å²) in [5, 5.41) is 0. The summed E-state index contributed by atoms with van der Waals surface area (Å²) in [4.78, 5) is 17.0. The maximum absolute atomic E-state index is 12.8. The van der Waals surface area contributed by atoms with Gasteiger partial charge < -0.3 is 15.5 Å². The van der Waals surface area contributed by atoms with Crippen LogP contribution in [-0.2, 0) is 10.3 Å². The zero-order valence-electron chi connectivity index (χ0n) is 14.2. The Morgan fingerprint density at radius 3 is 2.52 bits per heavy atom. The Bertz CT molecular complexity index is 482. The number of likely N-dealkylation sites (tertiary alicyclic amines) is 1. The second-order valence-corrected chi connectivity index (χ2v) is 6.33. The van der Waals surface area contributed by atoms with Crippen molar-refractivity contribution in [1.82, 2.24) is 9.80 Å². The van der Waals surface area contributed by atoms with E-state index in [1.54, 1.807) is 0 Å². The third-order valence-corrected chi connectivity index (χ3v) is 4.50. The van der Waals surface area contributed by atoms with E-state index in [0.717, 1.165) is 38.2 Å². The molecule has 0 saturated carbocycles. The van der Waals surface area contributed by atoms with Crippen LogP contribution in [0.15, 0.2) is 30.3 Å². The van der Waals surface area contributed by atoms with Gasteiger partial charge in [0.1, 0.15) is 5.54 Å². The van der Waals surface area contributed by atoms with E-state index in [0.29, 0.717) is 5.92 Å². The van der Waals surface area contributed by atoms with Gasteiger partial charge in [0, 0.05) is 19.6 Å². The van der Waals surface area contributed by atoms with Gasteiger partial charge in [-0.2, -0.15) is 0 Å². The molecule has 1 aromatic rings. The van der Waals surface area contributed by atoms with Gasteiger partial charge in [0.2, 0.25) is 5.91 Å². The van der Waals surface area contributed by atoms with Crippen molar-refractivity contribution in [1.29, 1.82) is 0 Å². The Balaban J connectivity index is 0.00000242. The molecule has 1 aliphatic rings. The van der Waals surface area contributed by atoms with Gasteiger partial charge in [-0.3, -0.25) is 4.79 Å². The zero-order valence-corrected chi connectivity index (χ0v) is 15.8. The summed E-state index contributed by atoms with van der Waals surface area (Å²) in [7, 11) is 2.13. The molecule has 6 heteroatoms. The molecule has 0 aromatic heterocycles. The lowest BCUT2D eigenvalue weighted by molar-refractivity contribution is -0.135. The Labute approximate surface area is 152 Å². The number of nitrogens with two attached hydrogens (primary N) is 1. The number of carbonyl (C=O) groups excluding carboxylic acids is 1. The molecule has 23 heavy (non-hydrogen) atoms. The summed E-state index contributed by atoms with van der Waals surface area (Å²) in [6.45, 7) is 7.71. The molecule has 1 aromatic carbocycles.